The summed E-state index contributed by atoms with van der Waals surface area (Å²) in [6, 6.07) is 17.1. The van der Waals surface area contributed by atoms with Gasteiger partial charge in [0.25, 0.3) is 5.91 Å². The maximum Gasteiger partial charge on any atom is 0.336 e. The molecule has 3 rings (SSSR count). The highest BCUT2D eigenvalue weighted by atomic mass is 32.2. The van der Waals surface area contributed by atoms with Crippen LogP contribution in [0.1, 0.15) is 44.9 Å². The van der Waals surface area contributed by atoms with Gasteiger partial charge in [-0.3, -0.25) is 9.59 Å². The molecule has 36 heavy (non-hydrogen) atoms. The lowest BCUT2D eigenvalue weighted by Crippen LogP contribution is -2.22. The van der Waals surface area contributed by atoms with E-state index in [9.17, 15) is 24.3 Å². The number of rotatable bonds is 10. The van der Waals surface area contributed by atoms with Gasteiger partial charge in [-0.2, -0.15) is 0 Å². The summed E-state index contributed by atoms with van der Waals surface area (Å²) in [6.07, 6.45) is 0. The molecule has 1 atom stereocenters. The molecule has 0 aliphatic heterocycles. The van der Waals surface area contributed by atoms with Crippen molar-refractivity contribution >= 4 is 46.9 Å². The topological polar surface area (TPSA) is 142 Å². The number of hydrogen-bond acceptors (Lipinski definition) is 6. The Morgan fingerprint density at radius 3 is 2.03 bits per heavy atom. The number of nitrogens with one attached hydrogen (secondary N) is 2. The predicted molar refractivity (Wildman–Crippen MR) is 136 cm³/mol. The standard InChI is InChI=1S/C26H24N2O7S/c1-3-35-19-9-5-17(6-10-19)27-23(29)15(2)36-20-11-7-18(8-12-20)28-24(30)21-13-4-16(25(31)32)14-22(21)26(33)34/h4-15H,3H2,1-2H3,(H,27,29)(H,28,30)(H,31,32)(H,33,34). The monoisotopic (exact) mass is 508 g/mol. The lowest BCUT2D eigenvalue weighted by molar-refractivity contribution is -0.115. The number of carbonyl (C=O) groups excluding carboxylic acids is 2. The van der Waals surface area contributed by atoms with Gasteiger partial charge in [-0.05, 0) is 80.6 Å². The SMILES string of the molecule is CCOc1ccc(NC(=O)C(C)Sc2ccc(NC(=O)c3ccc(C(=O)O)cc3C(=O)O)cc2)cc1. The first-order chi connectivity index (χ1) is 17.2. The minimum Gasteiger partial charge on any atom is -0.494 e. The van der Waals surface area contributed by atoms with Crippen molar-refractivity contribution in [2.45, 2.75) is 24.0 Å². The van der Waals surface area contributed by atoms with E-state index >= 15 is 0 Å². The average Bonchev–Trinajstić information content (AvgIpc) is 2.86. The van der Waals surface area contributed by atoms with Gasteiger partial charge in [-0.25, -0.2) is 9.59 Å². The number of thioether (sulfide) groups is 1. The highest BCUT2D eigenvalue weighted by molar-refractivity contribution is 8.00. The first-order valence-corrected chi connectivity index (χ1v) is 11.8. The third-order valence-corrected chi connectivity index (χ3v) is 6.08. The Kier molecular flexibility index (Phi) is 8.69. The van der Waals surface area contributed by atoms with E-state index in [2.05, 4.69) is 10.6 Å². The second-order valence-electron chi connectivity index (χ2n) is 7.56. The molecule has 4 N–H and O–H groups in total. The van der Waals surface area contributed by atoms with Crippen LogP contribution in [0.3, 0.4) is 0 Å². The molecule has 0 saturated heterocycles. The van der Waals surface area contributed by atoms with Crippen LogP contribution in [0.4, 0.5) is 11.4 Å². The van der Waals surface area contributed by atoms with Crippen molar-refractivity contribution in [2.75, 3.05) is 17.2 Å². The fourth-order valence-electron chi connectivity index (χ4n) is 3.17. The summed E-state index contributed by atoms with van der Waals surface area (Å²) in [4.78, 5) is 48.5. The summed E-state index contributed by atoms with van der Waals surface area (Å²) >= 11 is 1.33. The van der Waals surface area contributed by atoms with E-state index in [1.807, 2.05) is 6.92 Å². The van der Waals surface area contributed by atoms with E-state index < -0.39 is 28.7 Å². The van der Waals surface area contributed by atoms with Crippen LogP contribution in [0.2, 0.25) is 0 Å². The number of amides is 2. The molecule has 186 valence electrons. The molecule has 3 aromatic carbocycles. The molecule has 0 bridgehead atoms. The molecule has 3 aromatic rings. The van der Waals surface area contributed by atoms with E-state index in [0.717, 1.165) is 22.8 Å². The molecule has 0 heterocycles. The number of benzene rings is 3. The van der Waals surface area contributed by atoms with Crippen LogP contribution in [0.15, 0.2) is 71.6 Å². The number of hydrogen-bond donors (Lipinski definition) is 4. The fraction of sp³-hybridized carbons (Fsp3) is 0.154. The van der Waals surface area contributed by atoms with Crippen molar-refractivity contribution in [1.82, 2.24) is 0 Å². The third-order valence-electron chi connectivity index (χ3n) is 4.97. The van der Waals surface area contributed by atoms with Crippen LogP contribution in [-0.2, 0) is 4.79 Å². The molecule has 1 unspecified atom stereocenters. The van der Waals surface area contributed by atoms with Crippen LogP contribution < -0.4 is 15.4 Å². The lowest BCUT2D eigenvalue weighted by atomic mass is 10.0. The fourth-order valence-corrected chi connectivity index (χ4v) is 4.04. The number of ether oxygens (including phenoxy) is 1. The molecule has 0 aliphatic carbocycles. The summed E-state index contributed by atoms with van der Waals surface area (Å²) in [7, 11) is 0. The van der Waals surface area contributed by atoms with Crippen LogP contribution in [0, 0.1) is 0 Å². The molecule has 10 heteroatoms. The lowest BCUT2D eigenvalue weighted by Gasteiger charge is -2.13. The summed E-state index contributed by atoms with van der Waals surface area (Å²) in [5.41, 5.74) is 0.268. The van der Waals surface area contributed by atoms with Crippen molar-refractivity contribution < 1.29 is 34.1 Å². The van der Waals surface area contributed by atoms with Gasteiger partial charge in [0.2, 0.25) is 5.91 Å². The summed E-state index contributed by atoms with van der Waals surface area (Å²) in [6.45, 7) is 4.23. The van der Waals surface area contributed by atoms with E-state index in [0.29, 0.717) is 18.0 Å². The molecule has 0 aliphatic rings. The van der Waals surface area contributed by atoms with Crippen LogP contribution >= 0.6 is 11.8 Å². The van der Waals surface area contributed by atoms with Crippen molar-refractivity contribution in [3.05, 3.63) is 83.4 Å². The molecule has 0 fully saturated rings. The zero-order valence-corrected chi connectivity index (χ0v) is 20.3. The molecular weight excluding hydrogens is 484 g/mol. The normalized spacial score (nSPS) is 11.3. The Bertz CT molecular complexity index is 1270. The third kappa shape index (κ3) is 6.86. The van der Waals surface area contributed by atoms with E-state index in [1.54, 1.807) is 55.5 Å². The maximum absolute atomic E-state index is 12.6. The van der Waals surface area contributed by atoms with Gasteiger partial charge < -0.3 is 25.6 Å². The molecule has 2 amide bonds. The highest BCUT2D eigenvalue weighted by Crippen LogP contribution is 2.26. The molecule has 0 aromatic heterocycles. The van der Waals surface area contributed by atoms with Gasteiger partial charge in [0, 0.05) is 16.3 Å². The Balaban J connectivity index is 1.61. The minimum absolute atomic E-state index is 0.162. The summed E-state index contributed by atoms with van der Waals surface area (Å²) in [5.74, 6) is -2.84. The summed E-state index contributed by atoms with van der Waals surface area (Å²) in [5, 5.41) is 23.5. The molecule has 0 saturated carbocycles. The zero-order valence-electron chi connectivity index (χ0n) is 19.5. The smallest absolute Gasteiger partial charge is 0.336 e. The molecule has 0 radical (unpaired) electrons. The molecule has 0 spiro atoms. The van der Waals surface area contributed by atoms with E-state index in [4.69, 9.17) is 9.84 Å². The molecular formula is C26H24N2O7S. The van der Waals surface area contributed by atoms with Crippen molar-refractivity contribution in [2.24, 2.45) is 0 Å². The average molecular weight is 509 g/mol. The quantitative estimate of drug-likeness (QED) is 0.285. The Hall–Kier alpha value is -4.31. The van der Waals surface area contributed by atoms with Gasteiger partial charge in [-0.15, -0.1) is 11.8 Å². The second kappa shape index (κ2) is 11.9. The van der Waals surface area contributed by atoms with Gasteiger partial charge >= 0.3 is 11.9 Å². The molecule has 9 nitrogen and oxygen atoms in total. The second-order valence-corrected chi connectivity index (χ2v) is 8.97. The van der Waals surface area contributed by atoms with Crippen molar-refractivity contribution in [3.8, 4) is 5.75 Å². The Morgan fingerprint density at radius 2 is 1.44 bits per heavy atom. The van der Waals surface area contributed by atoms with Crippen molar-refractivity contribution in [1.29, 1.82) is 0 Å². The zero-order chi connectivity index (χ0) is 26.2. The maximum atomic E-state index is 12.6. The van der Waals surface area contributed by atoms with Crippen LogP contribution in [0.5, 0.6) is 5.75 Å². The van der Waals surface area contributed by atoms with Crippen molar-refractivity contribution in [3.63, 3.8) is 0 Å². The first kappa shape index (κ1) is 26.3. The number of carbonyl (C=O) groups is 4. The highest BCUT2D eigenvalue weighted by Gasteiger charge is 2.19. The Morgan fingerprint density at radius 1 is 0.833 bits per heavy atom. The van der Waals surface area contributed by atoms with Gasteiger partial charge in [-0.1, -0.05) is 0 Å². The number of anilines is 2. The van der Waals surface area contributed by atoms with Crippen LogP contribution in [0.25, 0.3) is 0 Å². The van der Waals surface area contributed by atoms with E-state index in [1.165, 1.54) is 17.8 Å². The van der Waals surface area contributed by atoms with Crippen LogP contribution in [-0.4, -0.2) is 45.8 Å². The Labute approximate surface area is 211 Å². The number of carboxylic acids is 2. The number of aromatic carboxylic acids is 2. The van der Waals surface area contributed by atoms with E-state index in [-0.39, 0.29) is 17.0 Å². The first-order valence-electron chi connectivity index (χ1n) is 10.9. The van der Waals surface area contributed by atoms with Gasteiger partial charge in [0.15, 0.2) is 0 Å². The van der Waals surface area contributed by atoms with Gasteiger partial charge in [0.1, 0.15) is 5.75 Å². The predicted octanol–water partition coefficient (Wildman–Crippen LogP) is 4.85. The minimum atomic E-state index is -1.41. The number of carboxylic acid groups (broad SMARTS) is 2. The summed E-state index contributed by atoms with van der Waals surface area (Å²) < 4.78 is 5.39. The largest absolute Gasteiger partial charge is 0.494 e. The van der Waals surface area contributed by atoms with Gasteiger partial charge in [0.05, 0.1) is 28.5 Å².